The van der Waals surface area contributed by atoms with Crippen molar-refractivity contribution in [3.8, 4) is 0 Å². The summed E-state index contributed by atoms with van der Waals surface area (Å²) in [5.74, 6) is 0. The maximum absolute atomic E-state index is 4.61. The molecule has 0 aliphatic carbocycles. The van der Waals surface area contributed by atoms with Gasteiger partial charge < -0.3 is 4.40 Å². The van der Waals surface area contributed by atoms with E-state index in [1.807, 2.05) is 35.3 Å². The fourth-order valence-electron chi connectivity index (χ4n) is 2.54. The smallest absolute Gasteiger partial charge is 0.137 e. The van der Waals surface area contributed by atoms with Gasteiger partial charge >= 0.3 is 0 Å². The van der Waals surface area contributed by atoms with E-state index in [2.05, 4.69) is 30.8 Å². The molecule has 4 heterocycles. The Hall–Kier alpha value is -2.21. The highest BCUT2D eigenvalue weighted by Crippen LogP contribution is 2.21. The van der Waals surface area contributed by atoms with Crippen LogP contribution < -0.4 is 0 Å². The van der Waals surface area contributed by atoms with Crippen molar-refractivity contribution in [2.45, 2.75) is 12.6 Å². The highest BCUT2D eigenvalue weighted by atomic mass is 15.5. The van der Waals surface area contributed by atoms with Crippen LogP contribution in [-0.4, -0.2) is 42.4 Å². The van der Waals surface area contributed by atoms with E-state index in [4.69, 9.17) is 0 Å². The minimum Gasteiger partial charge on any atom is -0.307 e. The van der Waals surface area contributed by atoms with Gasteiger partial charge in [0.2, 0.25) is 0 Å². The second kappa shape index (κ2) is 4.17. The molecule has 0 atom stereocenters. The summed E-state index contributed by atoms with van der Waals surface area (Å²) in [5, 5.41) is 7.88. The van der Waals surface area contributed by atoms with E-state index in [-0.39, 0.29) is 0 Å². The Morgan fingerprint density at radius 3 is 2.95 bits per heavy atom. The standard InChI is InChI=1S/C13H14N6/c1-2-5-18-8-11(15-13(18)3-1)7-17-9-12(10-17)19-6-4-14-16-19/h1-6,8,12H,7,9-10H2. The fraction of sp³-hybridized carbons (Fsp3) is 0.308. The zero-order valence-electron chi connectivity index (χ0n) is 10.4. The molecule has 1 fully saturated rings. The number of fused-ring (bicyclic) bond motifs is 1. The lowest BCUT2D eigenvalue weighted by molar-refractivity contribution is 0.0885. The summed E-state index contributed by atoms with van der Waals surface area (Å²) in [6.45, 7) is 2.92. The summed E-state index contributed by atoms with van der Waals surface area (Å²) in [4.78, 5) is 6.98. The van der Waals surface area contributed by atoms with Gasteiger partial charge in [0, 0.05) is 38.2 Å². The number of imidazole rings is 1. The molecule has 0 saturated carbocycles. The Morgan fingerprint density at radius 2 is 2.16 bits per heavy atom. The summed E-state index contributed by atoms with van der Waals surface area (Å²) >= 11 is 0. The average molecular weight is 254 g/mol. The van der Waals surface area contributed by atoms with Crippen LogP contribution in [0.2, 0.25) is 0 Å². The quantitative estimate of drug-likeness (QED) is 0.699. The van der Waals surface area contributed by atoms with Gasteiger partial charge in [-0.25, -0.2) is 9.67 Å². The Labute approximate surface area is 110 Å². The zero-order chi connectivity index (χ0) is 12.7. The fourth-order valence-corrected chi connectivity index (χ4v) is 2.54. The van der Waals surface area contributed by atoms with Crippen LogP contribution in [0.1, 0.15) is 11.7 Å². The number of nitrogens with zero attached hydrogens (tertiary/aromatic N) is 6. The lowest BCUT2D eigenvalue weighted by Crippen LogP contribution is -2.47. The predicted octanol–water partition coefficient (Wildman–Crippen LogP) is 0.983. The third kappa shape index (κ3) is 1.90. The van der Waals surface area contributed by atoms with Gasteiger partial charge in [-0.05, 0) is 12.1 Å². The molecular weight excluding hydrogens is 240 g/mol. The van der Waals surface area contributed by atoms with Crippen molar-refractivity contribution in [1.82, 2.24) is 29.3 Å². The molecule has 4 rings (SSSR count). The van der Waals surface area contributed by atoms with Gasteiger partial charge in [-0.2, -0.15) is 0 Å². The number of likely N-dealkylation sites (tertiary alicyclic amines) is 1. The second-order valence-corrected chi connectivity index (χ2v) is 4.93. The normalized spacial score (nSPS) is 16.8. The van der Waals surface area contributed by atoms with E-state index in [0.29, 0.717) is 6.04 Å². The van der Waals surface area contributed by atoms with Gasteiger partial charge in [0.25, 0.3) is 0 Å². The van der Waals surface area contributed by atoms with Crippen molar-refractivity contribution in [1.29, 1.82) is 0 Å². The molecule has 1 aliphatic rings. The van der Waals surface area contributed by atoms with E-state index in [0.717, 1.165) is 31.0 Å². The molecular formula is C13H14N6. The summed E-state index contributed by atoms with van der Waals surface area (Å²) < 4.78 is 3.99. The van der Waals surface area contributed by atoms with Crippen molar-refractivity contribution in [2.75, 3.05) is 13.1 Å². The molecule has 3 aromatic heterocycles. The number of hydrogen-bond acceptors (Lipinski definition) is 4. The molecule has 1 saturated heterocycles. The molecule has 1 aliphatic heterocycles. The van der Waals surface area contributed by atoms with Crippen LogP contribution in [0, 0.1) is 0 Å². The van der Waals surface area contributed by atoms with E-state index >= 15 is 0 Å². The third-order valence-corrected chi connectivity index (χ3v) is 3.55. The van der Waals surface area contributed by atoms with Crippen LogP contribution in [0.4, 0.5) is 0 Å². The molecule has 96 valence electrons. The lowest BCUT2D eigenvalue weighted by atomic mass is 10.1. The first-order valence-electron chi connectivity index (χ1n) is 6.39. The van der Waals surface area contributed by atoms with E-state index in [1.54, 1.807) is 6.20 Å². The summed E-state index contributed by atoms with van der Waals surface area (Å²) in [6, 6.07) is 6.51. The number of pyridine rings is 1. The Kier molecular flexibility index (Phi) is 2.34. The Morgan fingerprint density at radius 1 is 1.21 bits per heavy atom. The number of hydrogen-bond donors (Lipinski definition) is 0. The monoisotopic (exact) mass is 254 g/mol. The Bertz CT molecular complexity index is 647. The largest absolute Gasteiger partial charge is 0.307 e. The van der Waals surface area contributed by atoms with Crippen molar-refractivity contribution < 1.29 is 0 Å². The maximum atomic E-state index is 4.61. The molecule has 3 aromatic rings. The molecule has 0 radical (unpaired) electrons. The van der Waals surface area contributed by atoms with Crippen LogP contribution >= 0.6 is 0 Å². The van der Waals surface area contributed by atoms with Gasteiger partial charge in [-0.1, -0.05) is 11.3 Å². The van der Waals surface area contributed by atoms with Crippen molar-refractivity contribution in [3.63, 3.8) is 0 Å². The first-order chi connectivity index (χ1) is 9.38. The van der Waals surface area contributed by atoms with E-state index in [1.165, 1.54) is 0 Å². The highest BCUT2D eigenvalue weighted by molar-refractivity contribution is 5.39. The average Bonchev–Trinajstić information content (AvgIpc) is 3.01. The Balaban J connectivity index is 1.43. The molecule has 0 amide bonds. The van der Waals surface area contributed by atoms with E-state index < -0.39 is 0 Å². The number of rotatable bonds is 3. The minimum absolute atomic E-state index is 0.458. The van der Waals surface area contributed by atoms with E-state index in [9.17, 15) is 0 Å². The van der Waals surface area contributed by atoms with Gasteiger partial charge in [0.05, 0.1) is 17.9 Å². The minimum atomic E-state index is 0.458. The van der Waals surface area contributed by atoms with Gasteiger partial charge in [-0.3, -0.25) is 4.90 Å². The lowest BCUT2D eigenvalue weighted by Gasteiger charge is -2.38. The zero-order valence-corrected chi connectivity index (χ0v) is 10.4. The third-order valence-electron chi connectivity index (χ3n) is 3.55. The second-order valence-electron chi connectivity index (χ2n) is 4.93. The van der Waals surface area contributed by atoms with Gasteiger partial charge in [-0.15, -0.1) is 5.10 Å². The predicted molar refractivity (Wildman–Crippen MR) is 69.5 cm³/mol. The van der Waals surface area contributed by atoms with Gasteiger partial charge in [0.1, 0.15) is 5.65 Å². The molecule has 19 heavy (non-hydrogen) atoms. The molecule has 0 N–H and O–H groups in total. The SMILES string of the molecule is c1ccn2cc(CN3CC(n4ccnn4)C3)nc2c1. The molecule has 6 heteroatoms. The number of aromatic nitrogens is 5. The first kappa shape index (κ1) is 10.7. The molecule has 0 aromatic carbocycles. The van der Waals surface area contributed by atoms with Crippen molar-refractivity contribution in [2.24, 2.45) is 0 Å². The van der Waals surface area contributed by atoms with Crippen LogP contribution in [0.15, 0.2) is 43.0 Å². The van der Waals surface area contributed by atoms with Crippen LogP contribution in [0.5, 0.6) is 0 Å². The summed E-state index contributed by atoms with van der Waals surface area (Å²) in [5.41, 5.74) is 2.12. The van der Waals surface area contributed by atoms with Crippen LogP contribution in [0.3, 0.4) is 0 Å². The van der Waals surface area contributed by atoms with Gasteiger partial charge in [0.15, 0.2) is 0 Å². The van der Waals surface area contributed by atoms with Crippen LogP contribution in [-0.2, 0) is 6.54 Å². The topological polar surface area (TPSA) is 51.2 Å². The maximum Gasteiger partial charge on any atom is 0.137 e. The molecule has 0 spiro atoms. The summed E-state index contributed by atoms with van der Waals surface area (Å²) in [6.07, 6.45) is 7.77. The van der Waals surface area contributed by atoms with Crippen molar-refractivity contribution >= 4 is 5.65 Å². The molecule has 0 bridgehead atoms. The van der Waals surface area contributed by atoms with Crippen LogP contribution in [0.25, 0.3) is 5.65 Å². The molecule has 0 unspecified atom stereocenters. The first-order valence-corrected chi connectivity index (χ1v) is 6.39. The summed E-state index contributed by atoms with van der Waals surface area (Å²) in [7, 11) is 0. The highest BCUT2D eigenvalue weighted by Gasteiger charge is 2.28. The molecule has 6 nitrogen and oxygen atoms in total. The van der Waals surface area contributed by atoms with Crippen molar-refractivity contribution in [3.05, 3.63) is 48.7 Å².